The fourth-order valence-electron chi connectivity index (χ4n) is 4.16. The van der Waals surface area contributed by atoms with Gasteiger partial charge in [0.1, 0.15) is 18.0 Å². The number of hydrogen-bond donors (Lipinski definition) is 2. The number of ketones is 1. The average molecular weight is 435 g/mol. The van der Waals surface area contributed by atoms with Gasteiger partial charge in [-0.1, -0.05) is 97.3 Å². The van der Waals surface area contributed by atoms with Gasteiger partial charge in [-0.05, 0) is 37.1 Å². The molecular weight excluding hydrogens is 388 g/mol. The largest absolute Gasteiger partial charge is 0.491 e. The van der Waals surface area contributed by atoms with Gasteiger partial charge in [-0.2, -0.15) is 0 Å². The molecule has 1 rings (SSSR count). The van der Waals surface area contributed by atoms with Crippen LogP contribution in [0.5, 0.6) is 5.75 Å². The smallest absolute Gasteiger partial charge is 0.194 e. The molecule has 1 aromatic carbocycles. The molecule has 1 atom stereocenters. The minimum absolute atomic E-state index is 0.0457. The quantitative estimate of drug-likeness (QED) is 0.174. The van der Waals surface area contributed by atoms with E-state index >= 15 is 0 Å². The first kappa shape index (κ1) is 27.6. The van der Waals surface area contributed by atoms with Crippen molar-refractivity contribution in [2.24, 2.45) is 0 Å². The van der Waals surface area contributed by atoms with Gasteiger partial charge in [0.15, 0.2) is 5.78 Å². The van der Waals surface area contributed by atoms with Crippen molar-refractivity contribution < 1.29 is 19.7 Å². The van der Waals surface area contributed by atoms with Crippen molar-refractivity contribution in [2.75, 3.05) is 13.2 Å². The van der Waals surface area contributed by atoms with Gasteiger partial charge in [-0.25, -0.2) is 0 Å². The van der Waals surface area contributed by atoms with Crippen molar-refractivity contribution >= 4 is 5.78 Å². The van der Waals surface area contributed by atoms with Crippen LogP contribution >= 0.6 is 0 Å². The number of Topliss-reactive ketones (excluding diaryl/α,β-unsaturated/α-hetero) is 1. The van der Waals surface area contributed by atoms with Gasteiger partial charge in [-0.15, -0.1) is 0 Å². The summed E-state index contributed by atoms with van der Waals surface area (Å²) in [6.45, 7) is 4.45. The summed E-state index contributed by atoms with van der Waals surface area (Å²) in [4.78, 5) is 13.0. The summed E-state index contributed by atoms with van der Waals surface area (Å²) in [6, 6.07) is 6.86. The fraction of sp³-hybridized carbons (Fsp3) is 0.741. The predicted octanol–water partition coefficient (Wildman–Crippen LogP) is 6.86. The highest BCUT2D eigenvalue weighted by atomic mass is 16.5. The summed E-state index contributed by atoms with van der Waals surface area (Å²) >= 11 is 0. The number of aliphatic hydroxyl groups excluding tert-OH is 1. The van der Waals surface area contributed by atoms with Crippen LogP contribution in [0.15, 0.2) is 24.3 Å². The monoisotopic (exact) mass is 434 g/mol. The van der Waals surface area contributed by atoms with Gasteiger partial charge in [0.25, 0.3) is 0 Å². The lowest BCUT2D eigenvalue weighted by atomic mass is 9.84. The van der Waals surface area contributed by atoms with Crippen molar-refractivity contribution in [3.8, 4) is 5.75 Å². The van der Waals surface area contributed by atoms with Gasteiger partial charge in [0, 0.05) is 5.56 Å². The number of unbranched alkanes of at least 4 members (excludes halogenated alkanes) is 11. The second kappa shape index (κ2) is 17.2. The average Bonchev–Trinajstić information content (AvgIpc) is 2.78. The maximum absolute atomic E-state index is 13.0. The van der Waals surface area contributed by atoms with E-state index in [-0.39, 0.29) is 19.0 Å². The normalized spacial score (nSPS) is 13.2. The Morgan fingerprint density at radius 1 is 0.774 bits per heavy atom. The molecule has 0 aliphatic rings. The highest BCUT2D eigenvalue weighted by Crippen LogP contribution is 2.27. The van der Waals surface area contributed by atoms with Crippen LogP contribution < -0.4 is 4.74 Å². The molecule has 4 nitrogen and oxygen atoms in total. The third kappa shape index (κ3) is 11.7. The predicted molar refractivity (Wildman–Crippen MR) is 129 cm³/mol. The van der Waals surface area contributed by atoms with E-state index in [2.05, 4.69) is 6.92 Å². The molecule has 0 saturated heterocycles. The highest BCUT2D eigenvalue weighted by molar-refractivity contribution is 6.02. The summed E-state index contributed by atoms with van der Waals surface area (Å²) in [5, 5.41) is 19.9. The molecule has 4 heteroatoms. The van der Waals surface area contributed by atoms with Gasteiger partial charge in [0.2, 0.25) is 0 Å². The first-order valence-electron chi connectivity index (χ1n) is 12.7. The number of hydrogen-bond acceptors (Lipinski definition) is 4. The molecule has 0 amide bonds. The first-order chi connectivity index (χ1) is 15.1. The molecule has 0 saturated carbocycles. The fourth-order valence-corrected chi connectivity index (χ4v) is 4.16. The van der Waals surface area contributed by atoms with Crippen molar-refractivity contribution in [3.63, 3.8) is 0 Å². The summed E-state index contributed by atoms with van der Waals surface area (Å²) in [5.74, 6) is 0.428. The van der Waals surface area contributed by atoms with Crippen molar-refractivity contribution in [3.05, 3.63) is 29.8 Å². The second-order valence-electron chi connectivity index (χ2n) is 8.85. The zero-order chi connectivity index (χ0) is 22.8. The van der Waals surface area contributed by atoms with E-state index in [1.54, 1.807) is 24.3 Å². The lowest BCUT2D eigenvalue weighted by molar-refractivity contribution is 0.0207. The maximum atomic E-state index is 13.0. The molecule has 0 aromatic heterocycles. The number of rotatable bonds is 20. The minimum atomic E-state index is -1.28. The van der Waals surface area contributed by atoms with Crippen LogP contribution in [0.3, 0.4) is 0 Å². The zero-order valence-corrected chi connectivity index (χ0v) is 20.0. The SMILES string of the molecule is CCCCCCCCCCCCCCC(O)(CCC)C(=O)c1ccc(OCCO)cc1. The number of ether oxygens (including phenoxy) is 1. The van der Waals surface area contributed by atoms with E-state index in [1.165, 1.54) is 64.2 Å². The van der Waals surface area contributed by atoms with Crippen molar-refractivity contribution in [1.29, 1.82) is 0 Å². The summed E-state index contributed by atoms with van der Waals surface area (Å²) in [5.41, 5.74) is -0.757. The van der Waals surface area contributed by atoms with E-state index in [9.17, 15) is 9.90 Å². The first-order valence-corrected chi connectivity index (χ1v) is 12.7. The standard InChI is InChI=1S/C27H46O4/c1-3-5-6-7-8-9-10-11-12-13-14-15-21-27(30,20-4-2)26(29)24-16-18-25(19-17-24)31-23-22-28/h16-19,28,30H,3-15,20-23H2,1-2H3. The summed E-state index contributed by atoms with van der Waals surface area (Å²) < 4.78 is 5.35. The van der Waals surface area contributed by atoms with Crippen molar-refractivity contribution in [2.45, 2.75) is 116 Å². The maximum Gasteiger partial charge on any atom is 0.194 e. The van der Waals surface area contributed by atoms with Crippen LogP contribution in [0, 0.1) is 0 Å². The minimum Gasteiger partial charge on any atom is -0.491 e. The Labute approximate surface area is 190 Å². The molecule has 0 spiro atoms. The Morgan fingerprint density at radius 3 is 1.77 bits per heavy atom. The number of aliphatic hydroxyl groups is 2. The van der Waals surface area contributed by atoms with Gasteiger partial charge in [0.05, 0.1) is 6.61 Å². The van der Waals surface area contributed by atoms with Crippen LogP contribution in [0.2, 0.25) is 0 Å². The van der Waals surface area contributed by atoms with Gasteiger partial charge in [-0.3, -0.25) is 4.79 Å². The highest BCUT2D eigenvalue weighted by Gasteiger charge is 2.34. The molecule has 31 heavy (non-hydrogen) atoms. The lowest BCUT2D eigenvalue weighted by Crippen LogP contribution is -2.38. The molecule has 0 fully saturated rings. The summed E-state index contributed by atoms with van der Waals surface area (Å²) in [6.07, 6.45) is 17.0. The van der Waals surface area contributed by atoms with Crippen LogP contribution in [-0.2, 0) is 0 Å². The summed E-state index contributed by atoms with van der Waals surface area (Å²) in [7, 11) is 0. The topological polar surface area (TPSA) is 66.8 Å². The van der Waals surface area contributed by atoms with E-state index in [1.807, 2.05) is 6.92 Å². The third-order valence-corrected chi connectivity index (χ3v) is 6.01. The van der Waals surface area contributed by atoms with Gasteiger partial charge < -0.3 is 14.9 Å². The Balaban J connectivity index is 2.31. The Kier molecular flexibility index (Phi) is 15.3. The molecule has 0 bridgehead atoms. The van der Waals surface area contributed by atoms with Crippen LogP contribution in [0.25, 0.3) is 0 Å². The van der Waals surface area contributed by atoms with Crippen LogP contribution in [0.1, 0.15) is 121 Å². The van der Waals surface area contributed by atoms with Crippen LogP contribution in [-0.4, -0.2) is 34.8 Å². The molecule has 0 radical (unpaired) electrons. The molecule has 0 aliphatic heterocycles. The number of benzene rings is 1. The van der Waals surface area contributed by atoms with Crippen molar-refractivity contribution in [1.82, 2.24) is 0 Å². The number of carbonyl (C=O) groups excluding carboxylic acids is 1. The Bertz CT molecular complexity index is 569. The van der Waals surface area contributed by atoms with E-state index in [0.717, 1.165) is 19.3 Å². The Morgan fingerprint density at radius 2 is 1.29 bits per heavy atom. The van der Waals surface area contributed by atoms with E-state index in [4.69, 9.17) is 9.84 Å². The molecule has 1 unspecified atom stereocenters. The molecule has 1 aromatic rings. The number of carbonyl (C=O) groups is 1. The molecule has 0 aliphatic carbocycles. The lowest BCUT2D eigenvalue weighted by Gasteiger charge is -2.26. The zero-order valence-electron chi connectivity index (χ0n) is 20.0. The van der Waals surface area contributed by atoms with Gasteiger partial charge >= 0.3 is 0 Å². The molecule has 0 heterocycles. The molecule has 2 N–H and O–H groups in total. The van der Waals surface area contributed by atoms with E-state index in [0.29, 0.717) is 24.2 Å². The Hall–Kier alpha value is -1.39. The molecular formula is C27H46O4. The third-order valence-electron chi connectivity index (χ3n) is 6.01. The van der Waals surface area contributed by atoms with E-state index < -0.39 is 5.60 Å². The second-order valence-corrected chi connectivity index (χ2v) is 8.85. The molecule has 178 valence electrons. The van der Waals surface area contributed by atoms with Crippen LogP contribution in [0.4, 0.5) is 0 Å².